The molecule has 2 rings (SSSR count). The number of ether oxygens (including phenoxy) is 2. The highest BCUT2D eigenvalue weighted by atomic mass is 16.6. The summed E-state index contributed by atoms with van der Waals surface area (Å²) in [5, 5.41) is 2.58. The fourth-order valence-electron chi connectivity index (χ4n) is 3.44. The Balaban J connectivity index is 1.89. The smallest absolute Gasteiger partial charge is 0.408 e. The van der Waals surface area contributed by atoms with Gasteiger partial charge in [0.1, 0.15) is 11.6 Å². The molecular weight excluding hydrogens is 346 g/mol. The Morgan fingerprint density at radius 1 is 1.30 bits per heavy atom. The van der Waals surface area contributed by atoms with Crippen LogP contribution in [0, 0.1) is 5.92 Å². The summed E-state index contributed by atoms with van der Waals surface area (Å²) in [6.07, 6.45) is 11.2. The summed E-state index contributed by atoms with van der Waals surface area (Å²) in [7, 11) is 1.30. The Hall–Kier alpha value is -2.05. The molecule has 1 aromatic rings. The predicted molar refractivity (Wildman–Crippen MR) is 102 cm³/mol. The first-order chi connectivity index (χ1) is 12.8. The lowest BCUT2D eigenvalue weighted by atomic mass is 9.87. The van der Waals surface area contributed by atoms with Gasteiger partial charge in [-0.1, -0.05) is 32.1 Å². The molecule has 7 nitrogen and oxygen atoms in total. The SMILES string of the molecule is COC(=O)C(Cc1cn(CCC2CCCCC2)cn1)NC(=O)OC(C)(C)C. The van der Waals surface area contributed by atoms with Crippen molar-refractivity contribution in [3.63, 3.8) is 0 Å². The van der Waals surface area contributed by atoms with Crippen LogP contribution in [0.2, 0.25) is 0 Å². The van der Waals surface area contributed by atoms with E-state index in [1.165, 1.54) is 39.2 Å². The largest absolute Gasteiger partial charge is 0.467 e. The van der Waals surface area contributed by atoms with E-state index in [0.717, 1.165) is 24.6 Å². The molecule has 27 heavy (non-hydrogen) atoms. The Morgan fingerprint density at radius 2 is 2.00 bits per heavy atom. The van der Waals surface area contributed by atoms with E-state index >= 15 is 0 Å². The molecule has 0 saturated heterocycles. The first kappa shape index (κ1) is 21.3. The Bertz CT molecular complexity index is 615. The number of alkyl carbamates (subject to hydrolysis) is 1. The number of amides is 1. The van der Waals surface area contributed by atoms with Gasteiger partial charge in [-0.2, -0.15) is 0 Å². The molecule has 1 aromatic heterocycles. The molecule has 152 valence electrons. The van der Waals surface area contributed by atoms with E-state index < -0.39 is 23.7 Å². The normalized spacial score (nSPS) is 16.6. The van der Waals surface area contributed by atoms with Gasteiger partial charge in [0.2, 0.25) is 0 Å². The molecule has 1 N–H and O–H groups in total. The summed E-state index contributed by atoms with van der Waals surface area (Å²) < 4.78 is 12.1. The highest BCUT2D eigenvalue weighted by Gasteiger charge is 2.26. The first-order valence-electron chi connectivity index (χ1n) is 9.85. The van der Waals surface area contributed by atoms with Crippen molar-refractivity contribution in [3.8, 4) is 0 Å². The highest BCUT2D eigenvalue weighted by Crippen LogP contribution is 2.26. The van der Waals surface area contributed by atoms with Crippen LogP contribution in [-0.2, 0) is 27.2 Å². The van der Waals surface area contributed by atoms with Gasteiger partial charge < -0.3 is 19.4 Å². The summed E-state index contributed by atoms with van der Waals surface area (Å²) in [6.45, 7) is 6.25. The van der Waals surface area contributed by atoms with E-state index in [-0.39, 0.29) is 6.42 Å². The average Bonchev–Trinajstić information content (AvgIpc) is 3.05. The monoisotopic (exact) mass is 379 g/mol. The quantitative estimate of drug-likeness (QED) is 0.734. The molecule has 0 bridgehead atoms. The Labute approximate surface area is 161 Å². The van der Waals surface area contributed by atoms with E-state index in [2.05, 4.69) is 14.9 Å². The summed E-state index contributed by atoms with van der Waals surface area (Å²) in [4.78, 5) is 28.4. The predicted octanol–water partition coefficient (Wildman–Crippen LogP) is 3.46. The Morgan fingerprint density at radius 3 is 2.63 bits per heavy atom. The fourth-order valence-corrected chi connectivity index (χ4v) is 3.44. The van der Waals surface area contributed by atoms with Crippen molar-refractivity contribution in [1.82, 2.24) is 14.9 Å². The van der Waals surface area contributed by atoms with Crippen LogP contribution in [0.3, 0.4) is 0 Å². The van der Waals surface area contributed by atoms with Crippen LogP contribution in [0.5, 0.6) is 0 Å². The standard InChI is InChI=1S/C20H33N3O4/c1-20(2,3)27-19(25)22-17(18(24)26-4)12-16-13-23(14-21-16)11-10-15-8-6-5-7-9-15/h13-15,17H,5-12H2,1-4H3,(H,22,25). The van der Waals surface area contributed by atoms with Gasteiger partial charge >= 0.3 is 12.1 Å². The van der Waals surface area contributed by atoms with Crippen molar-refractivity contribution in [3.05, 3.63) is 18.2 Å². The van der Waals surface area contributed by atoms with Crippen molar-refractivity contribution in [1.29, 1.82) is 0 Å². The molecule has 1 saturated carbocycles. The molecule has 1 unspecified atom stereocenters. The number of methoxy groups -OCH3 is 1. The molecular formula is C20H33N3O4. The third kappa shape index (κ3) is 7.61. The maximum Gasteiger partial charge on any atom is 0.408 e. The molecule has 1 atom stereocenters. The minimum absolute atomic E-state index is 0.266. The number of esters is 1. The topological polar surface area (TPSA) is 82.5 Å². The highest BCUT2D eigenvalue weighted by molar-refractivity contribution is 5.81. The van der Waals surface area contributed by atoms with E-state index in [9.17, 15) is 9.59 Å². The minimum Gasteiger partial charge on any atom is -0.467 e. The number of aromatic nitrogens is 2. The van der Waals surface area contributed by atoms with Crippen molar-refractivity contribution in [2.75, 3.05) is 7.11 Å². The van der Waals surface area contributed by atoms with Crippen molar-refractivity contribution in [2.24, 2.45) is 5.92 Å². The van der Waals surface area contributed by atoms with Gasteiger partial charge in [0, 0.05) is 19.2 Å². The van der Waals surface area contributed by atoms with E-state index in [1.54, 1.807) is 27.1 Å². The lowest BCUT2D eigenvalue weighted by molar-refractivity contribution is -0.143. The number of imidazole rings is 1. The van der Waals surface area contributed by atoms with Gasteiger partial charge in [0.05, 0.1) is 19.1 Å². The molecule has 0 aromatic carbocycles. The molecule has 1 amide bonds. The van der Waals surface area contributed by atoms with Crippen molar-refractivity contribution in [2.45, 2.75) is 83.9 Å². The van der Waals surface area contributed by atoms with Crippen LogP contribution in [0.1, 0.15) is 65.0 Å². The second-order valence-electron chi connectivity index (χ2n) is 8.32. The number of rotatable bonds is 7. The van der Waals surface area contributed by atoms with Gasteiger partial charge in [0.25, 0.3) is 0 Å². The number of hydrogen-bond acceptors (Lipinski definition) is 5. The molecule has 1 aliphatic rings. The van der Waals surface area contributed by atoms with E-state index in [4.69, 9.17) is 9.47 Å². The lowest BCUT2D eigenvalue weighted by Gasteiger charge is -2.22. The number of aryl methyl sites for hydroxylation is 1. The summed E-state index contributed by atoms with van der Waals surface area (Å²) in [5.41, 5.74) is 0.107. The molecule has 1 heterocycles. The second kappa shape index (κ2) is 9.76. The van der Waals surface area contributed by atoms with Gasteiger partial charge in [-0.3, -0.25) is 0 Å². The molecule has 0 spiro atoms. The third-order valence-corrected chi connectivity index (χ3v) is 4.80. The van der Waals surface area contributed by atoms with Crippen LogP contribution in [0.4, 0.5) is 4.79 Å². The van der Waals surface area contributed by atoms with Gasteiger partial charge in [-0.05, 0) is 33.1 Å². The zero-order chi connectivity index (χ0) is 19.9. The van der Waals surface area contributed by atoms with Crippen molar-refractivity contribution >= 4 is 12.1 Å². The van der Waals surface area contributed by atoms with Crippen LogP contribution in [-0.4, -0.2) is 40.4 Å². The summed E-state index contributed by atoms with van der Waals surface area (Å²) in [6, 6.07) is -0.827. The molecule has 1 fully saturated rings. The van der Waals surface area contributed by atoms with E-state index in [1.807, 2.05) is 6.20 Å². The maximum atomic E-state index is 12.0. The first-order valence-corrected chi connectivity index (χ1v) is 9.85. The van der Waals surface area contributed by atoms with Crippen molar-refractivity contribution < 1.29 is 19.1 Å². The van der Waals surface area contributed by atoms with Gasteiger partial charge in [0.15, 0.2) is 0 Å². The number of nitrogens with one attached hydrogen (secondary N) is 1. The van der Waals surface area contributed by atoms with Crippen LogP contribution in [0.25, 0.3) is 0 Å². The average molecular weight is 380 g/mol. The lowest BCUT2D eigenvalue weighted by Crippen LogP contribution is -2.45. The van der Waals surface area contributed by atoms with Crippen LogP contribution in [0.15, 0.2) is 12.5 Å². The fraction of sp³-hybridized carbons (Fsp3) is 0.750. The van der Waals surface area contributed by atoms with Gasteiger partial charge in [-0.25, -0.2) is 14.6 Å². The zero-order valence-electron chi connectivity index (χ0n) is 17.0. The molecule has 0 radical (unpaired) electrons. The maximum absolute atomic E-state index is 12.0. The number of carbonyl (C=O) groups is 2. The number of hydrogen-bond donors (Lipinski definition) is 1. The van der Waals surface area contributed by atoms with Crippen LogP contribution < -0.4 is 5.32 Å². The summed E-state index contributed by atoms with van der Waals surface area (Å²) in [5.74, 6) is 0.291. The van der Waals surface area contributed by atoms with E-state index in [0.29, 0.717) is 0 Å². The molecule has 7 heteroatoms. The molecule has 1 aliphatic carbocycles. The van der Waals surface area contributed by atoms with Crippen LogP contribution >= 0.6 is 0 Å². The zero-order valence-corrected chi connectivity index (χ0v) is 17.0. The second-order valence-corrected chi connectivity index (χ2v) is 8.32. The molecule has 0 aliphatic heterocycles. The van der Waals surface area contributed by atoms with Gasteiger partial charge in [-0.15, -0.1) is 0 Å². The Kier molecular flexibility index (Phi) is 7.68. The third-order valence-electron chi connectivity index (χ3n) is 4.80. The minimum atomic E-state index is -0.827. The number of carbonyl (C=O) groups excluding carboxylic acids is 2. The number of nitrogens with zero attached hydrogens (tertiary/aromatic N) is 2. The summed E-state index contributed by atoms with van der Waals surface area (Å²) >= 11 is 0.